The third kappa shape index (κ3) is 2.43. The molecule has 1 N–H and O–H groups in total. The monoisotopic (exact) mass is 317 g/mol. The van der Waals surface area contributed by atoms with E-state index in [4.69, 9.17) is 4.74 Å². The van der Waals surface area contributed by atoms with Crippen LogP contribution in [-0.2, 0) is 0 Å². The fourth-order valence-corrected chi connectivity index (χ4v) is 2.88. The number of carbonyl (C=O) groups excluding carboxylic acids is 1. The summed E-state index contributed by atoms with van der Waals surface area (Å²) in [6.07, 6.45) is -0.985. The Hall–Kier alpha value is -3.11. The van der Waals surface area contributed by atoms with Crippen LogP contribution in [-0.4, -0.2) is 11.0 Å². The molecule has 1 aliphatic heterocycles. The topological polar surface area (TPSA) is 49.8 Å². The summed E-state index contributed by atoms with van der Waals surface area (Å²) in [6, 6.07) is 23.7. The number of carbonyl (C=O) groups is 1. The Kier molecular flexibility index (Phi) is 3.52. The molecule has 0 bridgehead atoms. The summed E-state index contributed by atoms with van der Waals surface area (Å²) >= 11 is 0. The van der Waals surface area contributed by atoms with Crippen molar-refractivity contribution >= 4 is 11.6 Å². The van der Waals surface area contributed by atoms with Crippen LogP contribution in [0.5, 0.6) is 11.5 Å². The summed E-state index contributed by atoms with van der Waals surface area (Å²) in [6.45, 7) is 0. The number of benzene rings is 3. The largest absolute Gasteiger partial charge is 0.457 e. The molecule has 0 radical (unpaired) electrons. The second-order valence-corrected chi connectivity index (χ2v) is 5.55. The van der Waals surface area contributed by atoms with E-state index >= 15 is 0 Å². The minimum absolute atomic E-state index is 0.213. The number of para-hydroxylation sites is 1. The molecule has 0 aliphatic carbocycles. The van der Waals surface area contributed by atoms with Gasteiger partial charge in [0.25, 0.3) is 5.91 Å². The molecule has 4 rings (SSSR count). The third-order valence-electron chi connectivity index (χ3n) is 4.01. The molecular formula is C20H15NO3. The summed E-state index contributed by atoms with van der Waals surface area (Å²) in [5.41, 5.74) is 1.74. The maximum atomic E-state index is 12.6. The highest BCUT2D eigenvalue weighted by Crippen LogP contribution is 2.37. The molecular weight excluding hydrogens is 302 g/mol. The smallest absolute Gasteiger partial charge is 0.261 e. The number of aliphatic hydroxyl groups excluding tert-OH is 1. The highest BCUT2D eigenvalue weighted by atomic mass is 16.5. The van der Waals surface area contributed by atoms with E-state index in [1.807, 2.05) is 42.5 Å². The van der Waals surface area contributed by atoms with Crippen molar-refractivity contribution in [2.75, 3.05) is 4.90 Å². The third-order valence-corrected chi connectivity index (χ3v) is 4.01. The summed E-state index contributed by atoms with van der Waals surface area (Å²) in [5, 5.41) is 10.5. The second-order valence-electron chi connectivity index (χ2n) is 5.55. The molecule has 118 valence electrons. The number of rotatable bonds is 3. The van der Waals surface area contributed by atoms with E-state index in [0.29, 0.717) is 28.3 Å². The first-order valence-corrected chi connectivity index (χ1v) is 7.67. The number of ether oxygens (including phenoxy) is 1. The van der Waals surface area contributed by atoms with Gasteiger partial charge in [0.2, 0.25) is 0 Å². The zero-order valence-corrected chi connectivity index (χ0v) is 12.8. The highest BCUT2D eigenvalue weighted by molar-refractivity contribution is 6.10. The summed E-state index contributed by atoms with van der Waals surface area (Å²) in [4.78, 5) is 14.0. The lowest BCUT2D eigenvalue weighted by Crippen LogP contribution is -2.27. The van der Waals surface area contributed by atoms with Crippen molar-refractivity contribution in [3.05, 3.63) is 90.0 Å². The van der Waals surface area contributed by atoms with Gasteiger partial charge in [-0.05, 0) is 30.3 Å². The molecule has 0 spiro atoms. The van der Waals surface area contributed by atoms with Gasteiger partial charge in [0.15, 0.2) is 6.23 Å². The number of nitrogens with zero attached hydrogens (tertiary/aromatic N) is 1. The molecule has 0 fully saturated rings. The van der Waals surface area contributed by atoms with Gasteiger partial charge in [-0.15, -0.1) is 0 Å². The maximum Gasteiger partial charge on any atom is 0.261 e. The van der Waals surface area contributed by atoms with Crippen molar-refractivity contribution < 1.29 is 14.6 Å². The lowest BCUT2D eigenvalue weighted by molar-refractivity contribution is 0.0935. The molecule has 24 heavy (non-hydrogen) atoms. The molecule has 1 aliphatic rings. The molecule has 1 heterocycles. The molecule has 3 aromatic rings. The van der Waals surface area contributed by atoms with Gasteiger partial charge in [-0.1, -0.05) is 42.5 Å². The van der Waals surface area contributed by atoms with Crippen molar-refractivity contribution in [2.45, 2.75) is 6.23 Å². The molecule has 1 amide bonds. The quantitative estimate of drug-likeness (QED) is 0.790. The molecule has 0 saturated heterocycles. The van der Waals surface area contributed by atoms with Crippen molar-refractivity contribution in [3.63, 3.8) is 0 Å². The Morgan fingerprint density at radius 1 is 0.833 bits per heavy atom. The Morgan fingerprint density at radius 2 is 1.54 bits per heavy atom. The summed E-state index contributed by atoms with van der Waals surface area (Å²) in [5.74, 6) is 1.11. The Balaban J connectivity index is 1.66. The number of amides is 1. The van der Waals surface area contributed by atoms with Crippen molar-refractivity contribution in [1.29, 1.82) is 0 Å². The van der Waals surface area contributed by atoms with Gasteiger partial charge < -0.3 is 9.84 Å². The Morgan fingerprint density at radius 3 is 2.33 bits per heavy atom. The van der Waals surface area contributed by atoms with E-state index in [1.54, 1.807) is 36.4 Å². The van der Waals surface area contributed by atoms with Crippen LogP contribution in [0.25, 0.3) is 0 Å². The SMILES string of the molecule is O=C1c2ccccc2C(O)N1c1cccc(Oc2ccccc2)c1. The van der Waals surface area contributed by atoms with E-state index in [0.717, 1.165) is 0 Å². The Labute approximate surface area is 139 Å². The molecule has 0 aromatic heterocycles. The van der Waals surface area contributed by atoms with E-state index in [9.17, 15) is 9.90 Å². The number of fused-ring (bicyclic) bond motifs is 1. The van der Waals surface area contributed by atoms with Crippen molar-refractivity contribution in [1.82, 2.24) is 0 Å². The van der Waals surface area contributed by atoms with Gasteiger partial charge in [0, 0.05) is 17.2 Å². The number of hydrogen-bond donors (Lipinski definition) is 1. The molecule has 0 saturated carbocycles. The molecule has 4 nitrogen and oxygen atoms in total. The van der Waals surface area contributed by atoms with Gasteiger partial charge >= 0.3 is 0 Å². The fraction of sp³-hybridized carbons (Fsp3) is 0.0500. The van der Waals surface area contributed by atoms with Gasteiger partial charge in [0.1, 0.15) is 11.5 Å². The maximum absolute atomic E-state index is 12.6. The number of hydrogen-bond acceptors (Lipinski definition) is 3. The lowest BCUT2D eigenvalue weighted by Gasteiger charge is -2.21. The van der Waals surface area contributed by atoms with Gasteiger partial charge in [-0.2, -0.15) is 0 Å². The molecule has 1 atom stereocenters. The van der Waals surface area contributed by atoms with Crippen LogP contribution in [0.3, 0.4) is 0 Å². The molecule has 3 aromatic carbocycles. The zero-order valence-electron chi connectivity index (χ0n) is 12.8. The van der Waals surface area contributed by atoms with Crippen molar-refractivity contribution in [2.24, 2.45) is 0 Å². The molecule has 4 heteroatoms. The average Bonchev–Trinajstić information content (AvgIpc) is 2.87. The fourth-order valence-electron chi connectivity index (χ4n) is 2.88. The minimum Gasteiger partial charge on any atom is -0.457 e. The van der Waals surface area contributed by atoms with E-state index in [2.05, 4.69) is 0 Å². The molecule has 1 unspecified atom stereocenters. The van der Waals surface area contributed by atoms with E-state index in [-0.39, 0.29) is 5.91 Å². The van der Waals surface area contributed by atoms with Crippen LogP contribution in [0.2, 0.25) is 0 Å². The van der Waals surface area contributed by atoms with Crippen LogP contribution in [0.15, 0.2) is 78.9 Å². The van der Waals surface area contributed by atoms with Gasteiger partial charge in [0.05, 0.1) is 5.69 Å². The predicted molar refractivity (Wildman–Crippen MR) is 91.2 cm³/mol. The lowest BCUT2D eigenvalue weighted by atomic mass is 10.1. The summed E-state index contributed by atoms with van der Waals surface area (Å²) in [7, 11) is 0. The van der Waals surface area contributed by atoms with Crippen LogP contribution in [0.4, 0.5) is 5.69 Å². The van der Waals surface area contributed by atoms with Crippen LogP contribution in [0.1, 0.15) is 22.1 Å². The first-order valence-electron chi connectivity index (χ1n) is 7.67. The second kappa shape index (κ2) is 5.83. The van der Waals surface area contributed by atoms with Gasteiger partial charge in [-0.25, -0.2) is 0 Å². The van der Waals surface area contributed by atoms with Crippen LogP contribution >= 0.6 is 0 Å². The first-order chi connectivity index (χ1) is 11.7. The zero-order chi connectivity index (χ0) is 16.5. The average molecular weight is 317 g/mol. The highest BCUT2D eigenvalue weighted by Gasteiger charge is 2.36. The standard InChI is InChI=1S/C20H15NO3/c22-19-17-11-4-5-12-18(17)20(23)21(19)14-7-6-10-16(13-14)24-15-8-2-1-3-9-15/h1-13,19,22H. The van der Waals surface area contributed by atoms with Gasteiger partial charge in [-0.3, -0.25) is 9.69 Å². The summed E-state index contributed by atoms with van der Waals surface area (Å²) < 4.78 is 5.81. The number of aliphatic hydroxyl groups is 1. The van der Waals surface area contributed by atoms with E-state index < -0.39 is 6.23 Å². The normalized spacial score (nSPS) is 16.1. The van der Waals surface area contributed by atoms with Crippen molar-refractivity contribution in [3.8, 4) is 11.5 Å². The minimum atomic E-state index is -0.985. The first kappa shape index (κ1) is 14.5. The van der Waals surface area contributed by atoms with Crippen LogP contribution < -0.4 is 9.64 Å². The van der Waals surface area contributed by atoms with Crippen LogP contribution in [0, 0.1) is 0 Å². The Bertz CT molecular complexity index is 892. The predicted octanol–water partition coefficient (Wildman–Crippen LogP) is 4.13. The number of anilines is 1. The van der Waals surface area contributed by atoms with E-state index in [1.165, 1.54) is 4.90 Å².